The summed E-state index contributed by atoms with van der Waals surface area (Å²) in [7, 11) is 1.53. The number of anilines is 1. The van der Waals surface area contributed by atoms with E-state index in [9.17, 15) is 14.4 Å². The second kappa shape index (κ2) is 13.8. The van der Waals surface area contributed by atoms with Crippen LogP contribution in [-0.2, 0) is 20.9 Å². The number of aromatic nitrogens is 2. The normalized spacial score (nSPS) is 14.6. The molecule has 0 radical (unpaired) electrons. The number of allylic oxidation sites excluding steroid dienone is 1. The Labute approximate surface area is 280 Å². The van der Waals surface area contributed by atoms with Crippen molar-refractivity contribution in [3.8, 4) is 5.75 Å². The Balaban J connectivity index is 1.51. The molecule has 47 heavy (non-hydrogen) atoms. The van der Waals surface area contributed by atoms with E-state index in [1.54, 1.807) is 25.1 Å². The highest BCUT2D eigenvalue weighted by Gasteiger charge is 2.36. The third-order valence-electron chi connectivity index (χ3n) is 7.86. The van der Waals surface area contributed by atoms with Gasteiger partial charge < -0.3 is 19.4 Å². The van der Waals surface area contributed by atoms with Gasteiger partial charge in [-0.15, -0.1) is 0 Å². The maximum absolute atomic E-state index is 14.4. The van der Waals surface area contributed by atoms with Crippen molar-refractivity contribution in [2.24, 2.45) is 4.99 Å². The molecule has 3 heterocycles. The first-order chi connectivity index (χ1) is 22.8. The van der Waals surface area contributed by atoms with E-state index in [1.165, 1.54) is 23.0 Å². The van der Waals surface area contributed by atoms with Gasteiger partial charge in [0.25, 0.3) is 5.56 Å². The molecule has 1 N–H and O–H groups in total. The van der Waals surface area contributed by atoms with E-state index in [-0.39, 0.29) is 30.2 Å². The lowest BCUT2D eigenvalue weighted by Crippen LogP contribution is -2.40. The molecule has 0 fully saturated rings. The fourth-order valence-corrected chi connectivity index (χ4v) is 7.06. The molecule has 11 heteroatoms. The predicted octanol–water partition coefficient (Wildman–Crippen LogP) is 5.83. The van der Waals surface area contributed by atoms with Crippen molar-refractivity contribution in [2.45, 2.75) is 39.3 Å². The molecule has 0 spiro atoms. The number of hydrogen-bond donors (Lipinski definition) is 1. The molecular weight excluding hydrogens is 636 g/mol. The van der Waals surface area contributed by atoms with E-state index in [0.717, 1.165) is 22.9 Å². The first kappa shape index (κ1) is 32.0. The Morgan fingerprint density at radius 2 is 1.83 bits per heavy atom. The molecule has 1 atom stereocenters. The van der Waals surface area contributed by atoms with Gasteiger partial charge in [0.2, 0.25) is 5.91 Å². The summed E-state index contributed by atoms with van der Waals surface area (Å²) in [5.41, 5.74) is 3.42. The van der Waals surface area contributed by atoms with Crippen molar-refractivity contribution in [1.29, 1.82) is 0 Å². The standard InChI is InChI=1S/C36H33ClN4O5S/c1-4-11-27-32(35(44)46-5-2)33(26-19-23(37)16-17-29(26)45-3)41-34(43)30(47-36(41)39-27)18-22-20-40(28-15-10-9-14-25(22)28)21-31(42)38-24-12-7-6-8-13-24/h6-10,12-20,33H,4-5,11,21H2,1-3H3,(H,38,42)/b30-18+/t33-/m0/s1. The number of hydrogen-bond acceptors (Lipinski definition) is 7. The zero-order chi connectivity index (χ0) is 33.1. The first-order valence-electron chi connectivity index (χ1n) is 15.3. The molecule has 9 nitrogen and oxygen atoms in total. The summed E-state index contributed by atoms with van der Waals surface area (Å²) >= 11 is 7.71. The van der Waals surface area contributed by atoms with E-state index in [0.29, 0.717) is 43.5 Å². The maximum atomic E-state index is 14.4. The third-order valence-corrected chi connectivity index (χ3v) is 9.07. The lowest BCUT2D eigenvalue weighted by molar-refractivity contribution is -0.139. The number of methoxy groups -OCH3 is 1. The minimum atomic E-state index is -0.870. The van der Waals surface area contributed by atoms with E-state index in [2.05, 4.69) is 5.32 Å². The summed E-state index contributed by atoms with van der Waals surface area (Å²) in [6.07, 6.45) is 4.93. The number of carbonyl (C=O) groups excluding carboxylic acids is 2. The highest BCUT2D eigenvalue weighted by molar-refractivity contribution is 7.07. The first-order valence-corrected chi connectivity index (χ1v) is 16.5. The van der Waals surface area contributed by atoms with Crippen LogP contribution in [0.25, 0.3) is 17.0 Å². The lowest BCUT2D eigenvalue weighted by Gasteiger charge is -2.27. The smallest absolute Gasteiger partial charge is 0.338 e. The monoisotopic (exact) mass is 668 g/mol. The van der Waals surface area contributed by atoms with Crippen LogP contribution in [0.1, 0.15) is 43.9 Å². The maximum Gasteiger partial charge on any atom is 0.338 e. The predicted molar refractivity (Wildman–Crippen MR) is 185 cm³/mol. The van der Waals surface area contributed by atoms with Crippen molar-refractivity contribution < 1.29 is 19.1 Å². The van der Waals surface area contributed by atoms with Gasteiger partial charge in [0, 0.05) is 38.9 Å². The molecule has 1 amide bonds. The number of carbonyl (C=O) groups is 2. The van der Waals surface area contributed by atoms with Crippen LogP contribution in [0.5, 0.6) is 5.75 Å². The van der Waals surface area contributed by atoms with Crippen LogP contribution in [0.3, 0.4) is 0 Å². The average Bonchev–Trinajstić information content (AvgIpc) is 3.57. The molecule has 0 unspecified atom stereocenters. The zero-order valence-corrected chi connectivity index (χ0v) is 27.7. The number of amides is 1. The van der Waals surface area contributed by atoms with Crippen LogP contribution < -0.4 is 24.9 Å². The topological polar surface area (TPSA) is 104 Å². The fourth-order valence-electron chi connectivity index (χ4n) is 5.87. The van der Waals surface area contributed by atoms with Crippen molar-refractivity contribution >= 4 is 57.5 Å². The molecule has 0 saturated carbocycles. The fraction of sp³-hybridized carbons (Fsp3) is 0.222. The molecule has 240 valence electrons. The Hall–Kier alpha value is -4.93. The van der Waals surface area contributed by atoms with Crippen LogP contribution in [0, 0.1) is 0 Å². The molecule has 1 aliphatic rings. The van der Waals surface area contributed by atoms with Crippen molar-refractivity contribution in [3.63, 3.8) is 0 Å². The molecule has 0 aliphatic carbocycles. The highest BCUT2D eigenvalue weighted by atomic mass is 35.5. The van der Waals surface area contributed by atoms with Crippen molar-refractivity contribution in [3.05, 3.63) is 126 Å². The molecule has 3 aromatic carbocycles. The Bertz CT molecular complexity index is 2200. The van der Waals surface area contributed by atoms with E-state index in [1.807, 2.05) is 78.4 Å². The second-order valence-electron chi connectivity index (χ2n) is 10.9. The quantitative estimate of drug-likeness (QED) is 0.189. The number of halogens is 1. The number of rotatable bonds is 10. The minimum Gasteiger partial charge on any atom is -0.496 e. The van der Waals surface area contributed by atoms with Gasteiger partial charge in [-0.05, 0) is 55.8 Å². The van der Waals surface area contributed by atoms with Crippen molar-refractivity contribution in [1.82, 2.24) is 9.13 Å². The number of nitrogens with zero attached hydrogens (tertiary/aromatic N) is 3. The largest absolute Gasteiger partial charge is 0.496 e. The molecule has 1 aliphatic heterocycles. The third kappa shape index (κ3) is 6.39. The number of ether oxygens (including phenoxy) is 2. The van der Waals surface area contributed by atoms with Gasteiger partial charge in [-0.25, -0.2) is 9.79 Å². The summed E-state index contributed by atoms with van der Waals surface area (Å²) in [6.45, 7) is 4.00. The molecule has 0 bridgehead atoms. The summed E-state index contributed by atoms with van der Waals surface area (Å²) < 4.78 is 15.0. The summed E-state index contributed by atoms with van der Waals surface area (Å²) in [5, 5.41) is 4.25. The van der Waals surface area contributed by atoms with Gasteiger partial charge in [-0.1, -0.05) is 72.7 Å². The summed E-state index contributed by atoms with van der Waals surface area (Å²) in [6, 6.07) is 21.3. The van der Waals surface area contributed by atoms with Gasteiger partial charge in [-0.2, -0.15) is 0 Å². The van der Waals surface area contributed by atoms with Gasteiger partial charge in [0.05, 0.1) is 29.5 Å². The van der Waals surface area contributed by atoms with Crippen LogP contribution >= 0.6 is 22.9 Å². The number of esters is 1. The summed E-state index contributed by atoms with van der Waals surface area (Å²) in [4.78, 5) is 46.2. The molecular formula is C36H33ClN4O5S. The highest BCUT2D eigenvalue weighted by Crippen LogP contribution is 2.38. The number of fused-ring (bicyclic) bond motifs is 2. The lowest BCUT2D eigenvalue weighted by atomic mass is 9.93. The van der Waals surface area contributed by atoms with Gasteiger partial charge in [-0.3, -0.25) is 14.2 Å². The van der Waals surface area contributed by atoms with Gasteiger partial charge >= 0.3 is 5.97 Å². The molecule has 6 rings (SSSR count). The van der Waals surface area contributed by atoms with Gasteiger partial charge in [0.1, 0.15) is 18.3 Å². The zero-order valence-electron chi connectivity index (χ0n) is 26.2. The van der Waals surface area contributed by atoms with Gasteiger partial charge in [0.15, 0.2) is 4.80 Å². The van der Waals surface area contributed by atoms with Crippen LogP contribution in [0.4, 0.5) is 5.69 Å². The number of para-hydroxylation sites is 2. The Morgan fingerprint density at radius 1 is 1.06 bits per heavy atom. The molecule has 5 aromatic rings. The van der Waals surface area contributed by atoms with E-state index >= 15 is 0 Å². The molecule has 2 aromatic heterocycles. The minimum absolute atomic E-state index is 0.0857. The van der Waals surface area contributed by atoms with Crippen LogP contribution in [0.2, 0.25) is 5.02 Å². The van der Waals surface area contributed by atoms with E-state index in [4.69, 9.17) is 26.1 Å². The van der Waals surface area contributed by atoms with Crippen molar-refractivity contribution in [2.75, 3.05) is 19.0 Å². The van der Waals surface area contributed by atoms with E-state index < -0.39 is 12.0 Å². The summed E-state index contributed by atoms with van der Waals surface area (Å²) in [5.74, 6) is -0.239. The Morgan fingerprint density at radius 3 is 2.57 bits per heavy atom. The second-order valence-corrected chi connectivity index (χ2v) is 12.4. The average molecular weight is 669 g/mol. The SMILES string of the molecule is CCCC1=C(C(=O)OCC)[C@H](c2cc(Cl)ccc2OC)n2c(s/c(=C/c3cn(CC(=O)Nc4ccccc4)c4ccccc34)c2=O)=N1. The number of benzene rings is 3. The van der Waals surface area contributed by atoms with Crippen LogP contribution in [0.15, 0.2) is 100 Å². The number of thiazole rings is 1. The molecule has 0 saturated heterocycles. The Kier molecular flexibility index (Phi) is 9.42. The van der Waals surface area contributed by atoms with Crippen LogP contribution in [-0.4, -0.2) is 34.7 Å². The number of nitrogens with one attached hydrogen (secondary N) is 1.